The molecule has 0 saturated heterocycles. The normalized spacial score (nSPS) is 11.3. The summed E-state index contributed by atoms with van der Waals surface area (Å²) < 4.78 is 6.79. The minimum absolute atomic E-state index is 0.211. The average Bonchev–Trinajstić information content (AvgIpc) is 3.10. The third-order valence-corrected chi connectivity index (χ3v) is 4.94. The Hall–Kier alpha value is -2.93. The second-order valence-corrected chi connectivity index (χ2v) is 8.62. The van der Waals surface area contributed by atoms with Gasteiger partial charge in [0.05, 0.1) is 28.7 Å². The van der Waals surface area contributed by atoms with Crippen molar-refractivity contribution in [1.29, 1.82) is 0 Å². The lowest BCUT2D eigenvalue weighted by atomic mass is 9.99. The number of rotatable bonds is 8. The van der Waals surface area contributed by atoms with E-state index >= 15 is 0 Å². The quantitative estimate of drug-likeness (QED) is 0.494. The lowest BCUT2D eigenvalue weighted by Crippen LogP contribution is -2.18. The van der Waals surface area contributed by atoms with Gasteiger partial charge >= 0.3 is 6.09 Å². The van der Waals surface area contributed by atoms with Gasteiger partial charge in [-0.25, -0.2) is 14.8 Å². The van der Waals surface area contributed by atoms with E-state index in [0.717, 1.165) is 17.5 Å². The molecule has 1 N–H and O–H groups in total. The first-order chi connectivity index (χ1) is 14.7. The summed E-state index contributed by atoms with van der Waals surface area (Å²) in [5.74, 6) is 1.18. The summed E-state index contributed by atoms with van der Waals surface area (Å²) in [4.78, 5) is 32.9. The number of nitrogens with one attached hydrogen (secondary N) is 1. The minimum Gasteiger partial charge on any atom is -0.447 e. The van der Waals surface area contributed by atoms with Crippen molar-refractivity contribution in [3.05, 3.63) is 47.4 Å². The number of fused-ring (bicyclic) bond motifs is 1. The number of halogens is 1. The van der Waals surface area contributed by atoms with Crippen LogP contribution in [0.5, 0.6) is 0 Å². The largest absolute Gasteiger partial charge is 0.447 e. The molecule has 2 aromatic heterocycles. The maximum absolute atomic E-state index is 12.3. The first-order valence-electron chi connectivity index (χ1n) is 10.3. The fraction of sp³-hybridized carbons (Fsp3) is 0.391. The Balaban J connectivity index is 1.81. The van der Waals surface area contributed by atoms with Crippen LogP contribution in [0, 0.1) is 5.92 Å². The van der Waals surface area contributed by atoms with E-state index in [1.54, 1.807) is 36.7 Å². The molecule has 0 radical (unpaired) electrons. The molecule has 0 aliphatic rings. The van der Waals surface area contributed by atoms with Crippen LogP contribution < -0.4 is 5.32 Å². The van der Waals surface area contributed by atoms with Crippen molar-refractivity contribution in [2.75, 3.05) is 5.32 Å². The molecule has 0 unspecified atom stereocenters. The molecule has 0 aliphatic carbocycles. The highest BCUT2D eigenvalue weighted by Gasteiger charge is 2.13. The molecule has 3 aromatic rings. The van der Waals surface area contributed by atoms with Crippen molar-refractivity contribution in [1.82, 2.24) is 14.4 Å². The molecule has 0 fully saturated rings. The second kappa shape index (κ2) is 9.92. The van der Waals surface area contributed by atoms with Crippen LogP contribution in [0.2, 0.25) is 5.02 Å². The van der Waals surface area contributed by atoms with Gasteiger partial charge in [-0.2, -0.15) is 0 Å². The van der Waals surface area contributed by atoms with Crippen LogP contribution in [0.15, 0.2) is 36.8 Å². The van der Waals surface area contributed by atoms with Gasteiger partial charge in [0.25, 0.3) is 0 Å². The zero-order valence-electron chi connectivity index (χ0n) is 18.2. The molecule has 0 saturated carbocycles. The maximum atomic E-state index is 12.3. The van der Waals surface area contributed by atoms with E-state index in [-0.39, 0.29) is 11.9 Å². The Morgan fingerprint density at radius 1 is 1.19 bits per heavy atom. The van der Waals surface area contributed by atoms with Gasteiger partial charge in [0.2, 0.25) is 5.78 Å². The first-order valence-corrected chi connectivity index (χ1v) is 10.7. The van der Waals surface area contributed by atoms with Gasteiger partial charge in [0.1, 0.15) is 5.78 Å². The topological polar surface area (TPSA) is 85.6 Å². The van der Waals surface area contributed by atoms with Gasteiger partial charge in [0.15, 0.2) is 0 Å². The van der Waals surface area contributed by atoms with E-state index in [1.807, 2.05) is 12.1 Å². The summed E-state index contributed by atoms with van der Waals surface area (Å²) in [5, 5.41) is 3.18. The third-order valence-electron chi connectivity index (χ3n) is 4.61. The van der Waals surface area contributed by atoms with Crippen LogP contribution in [-0.2, 0) is 16.0 Å². The fourth-order valence-corrected chi connectivity index (χ4v) is 3.30. The number of hydrogen-bond acceptors (Lipinski definition) is 5. The molecule has 0 aliphatic heterocycles. The van der Waals surface area contributed by atoms with Crippen molar-refractivity contribution >= 4 is 34.9 Å². The summed E-state index contributed by atoms with van der Waals surface area (Å²) in [6.07, 6.45) is 6.06. The summed E-state index contributed by atoms with van der Waals surface area (Å²) in [6.45, 7) is 7.77. The maximum Gasteiger partial charge on any atom is 0.411 e. The summed E-state index contributed by atoms with van der Waals surface area (Å²) >= 11 is 6.42. The Labute approximate surface area is 186 Å². The molecule has 31 heavy (non-hydrogen) atoms. The average molecular weight is 443 g/mol. The van der Waals surface area contributed by atoms with E-state index in [0.29, 0.717) is 40.9 Å². The summed E-state index contributed by atoms with van der Waals surface area (Å²) in [7, 11) is 0. The van der Waals surface area contributed by atoms with E-state index in [1.165, 1.54) is 6.20 Å². The van der Waals surface area contributed by atoms with Gasteiger partial charge in [-0.1, -0.05) is 31.5 Å². The van der Waals surface area contributed by atoms with Crippen LogP contribution in [0.25, 0.3) is 17.0 Å². The molecular weight excluding hydrogens is 416 g/mol. The molecule has 3 rings (SSSR count). The number of benzene rings is 1. The standard InChI is InChI=1S/C23H27ClN4O3/c1-14(2)5-7-18(29)9-16-6-8-20(24)19(10-16)21-13-28-12-17(11-25-22(28)27-21)26-23(30)31-15(3)4/h6,8,10-15H,5,7,9H2,1-4H3,(H,26,30). The van der Waals surface area contributed by atoms with Crippen molar-refractivity contribution in [2.24, 2.45) is 5.92 Å². The lowest BCUT2D eigenvalue weighted by molar-refractivity contribution is -0.118. The number of nitrogens with zero attached hydrogens (tertiary/aromatic N) is 3. The zero-order valence-corrected chi connectivity index (χ0v) is 18.9. The highest BCUT2D eigenvalue weighted by Crippen LogP contribution is 2.29. The molecule has 0 bridgehead atoms. The Morgan fingerprint density at radius 2 is 1.97 bits per heavy atom. The first kappa shape index (κ1) is 22.7. The van der Waals surface area contributed by atoms with Crippen molar-refractivity contribution in [2.45, 2.75) is 53.1 Å². The number of carbonyl (C=O) groups is 2. The number of carbonyl (C=O) groups excluding carboxylic acids is 2. The number of ether oxygens (including phenoxy) is 1. The second-order valence-electron chi connectivity index (χ2n) is 8.22. The van der Waals surface area contributed by atoms with Crippen LogP contribution >= 0.6 is 11.6 Å². The van der Waals surface area contributed by atoms with E-state index in [9.17, 15) is 9.59 Å². The smallest absolute Gasteiger partial charge is 0.411 e. The van der Waals surface area contributed by atoms with E-state index in [2.05, 4.69) is 29.1 Å². The molecule has 7 nitrogen and oxygen atoms in total. The summed E-state index contributed by atoms with van der Waals surface area (Å²) in [5.41, 5.74) is 2.75. The minimum atomic E-state index is -0.547. The Bertz CT molecular complexity index is 1090. The number of imidazole rings is 1. The van der Waals surface area contributed by atoms with Gasteiger partial charge in [-0.3, -0.25) is 14.5 Å². The van der Waals surface area contributed by atoms with Gasteiger partial charge in [-0.05, 0) is 43.9 Å². The monoisotopic (exact) mass is 442 g/mol. The predicted octanol–water partition coefficient (Wildman–Crippen LogP) is 5.55. The van der Waals surface area contributed by atoms with Crippen molar-refractivity contribution in [3.63, 3.8) is 0 Å². The van der Waals surface area contributed by atoms with Crippen LogP contribution in [-0.4, -0.2) is 32.3 Å². The molecule has 0 spiro atoms. The highest BCUT2D eigenvalue weighted by atomic mass is 35.5. The number of hydrogen-bond donors (Lipinski definition) is 1. The highest BCUT2D eigenvalue weighted by molar-refractivity contribution is 6.33. The zero-order chi connectivity index (χ0) is 22.5. The molecule has 164 valence electrons. The van der Waals surface area contributed by atoms with Crippen LogP contribution in [0.1, 0.15) is 46.1 Å². The Morgan fingerprint density at radius 3 is 2.68 bits per heavy atom. The number of aromatic nitrogens is 3. The van der Waals surface area contributed by atoms with Crippen LogP contribution in [0.4, 0.5) is 10.5 Å². The molecule has 2 heterocycles. The van der Waals surface area contributed by atoms with Crippen molar-refractivity contribution in [3.8, 4) is 11.3 Å². The van der Waals surface area contributed by atoms with Gasteiger partial charge < -0.3 is 4.74 Å². The van der Waals surface area contributed by atoms with E-state index in [4.69, 9.17) is 16.3 Å². The van der Waals surface area contributed by atoms with Crippen LogP contribution in [0.3, 0.4) is 0 Å². The van der Waals surface area contributed by atoms with Gasteiger partial charge in [0, 0.05) is 30.8 Å². The number of ketones is 1. The van der Waals surface area contributed by atoms with Crippen molar-refractivity contribution < 1.29 is 14.3 Å². The third kappa shape index (κ3) is 6.28. The Kier molecular flexibility index (Phi) is 7.28. The molecule has 1 amide bonds. The number of anilines is 1. The summed E-state index contributed by atoms with van der Waals surface area (Å²) in [6, 6.07) is 5.56. The predicted molar refractivity (Wildman–Crippen MR) is 121 cm³/mol. The number of amides is 1. The molecule has 8 heteroatoms. The molecule has 1 aromatic carbocycles. The fourth-order valence-electron chi connectivity index (χ4n) is 3.08. The van der Waals surface area contributed by atoms with Gasteiger partial charge in [-0.15, -0.1) is 0 Å². The lowest BCUT2D eigenvalue weighted by Gasteiger charge is -2.09. The number of Topliss-reactive ketones (excluding diaryl/α,β-unsaturated/α-hetero) is 1. The molecule has 0 atom stereocenters. The molecular formula is C23H27ClN4O3. The SMILES string of the molecule is CC(C)CCC(=O)Cc1ccc(Cl)c(-c2cn3cc(NC(=O)OC(C)C)cnc3n2)c1. The van der Waals surface area contributed by atoms with E-state index < -0.39 is 6.09 Å².